The van der Waals surface area contributed by atoms with Crippen LogP contribution in [0.4, 0.5) is 0 Å². The number of fused-ring (bicyclic) bond motifs is 1. The van der Waals surface area contributed by atoms with Gasteiger partial charge in [-0.3, -0.25) is 4.79 Å². The van der Waals surface area contributed by atoms with E-state index in [-0.39, 0.29) is 11.9 Å². The van der Waals surface area contributed by atoms with Crippen LogP contribution in [0.25, 0.3) is 0 Å². The number of nitrogens with one attached hydrogen (secondary N) is 1. The van der Waals surface area contributed by atoms with Crippen LogP contribution in [0, 0.1) is 0 Å². The third-order valence-electron chi connectivity index (χ3n) is 4.20. The average Bonchev–Trinajstić information content (AvgIpc) is 2.47. The predicted molar refractivity (Wildman–Crippen MR) is 75.0 cm³/mol. The van der Waals surface area contributed by atoms with Crippen molar-refractivity contribution in [3.8, 4) is 0 Å². The number of nitrogens with zero attached hydrogens (tertiary/aromatic N) is 1. The largest absolute Gasteiger partial charge is 0.339 e. The van der Waals surface area contributed by atoms with E-state index in [0.717, 1.165) is 51.0 Å². The Hall–Kier alpha value is -1.39. The van der Waals surface area contributed by atoms with E-state index < -0.39 is 0 Å². The van der Waals surface area contributed by atoms with Crippen molar-refractivity contribution in [1.29, 1.82) is 0 Å². The van der Waals surface area contributed by atoms with Crippen molar-refractivity contribution in [2.24, 2.45) is 5.73 Å². The number of rotatable bonds is 1. The Morgan fingerprint density at radius 2 is 2.11 bits per heavy atom. The van der Waals surface area contributed by atoms with Crippen molar-refractivity contribution >= 4 is 5.91 Å². The Morgan fingerprint density at radius 1 is 1.32 bits per heavy atom. The zero-order valence-corrected chi connectivity index (χ0v) is 11.2. The Balaban J connectivity index is 1.83. The first-order valence-corrected chi connectivity index (χ1v) is 7.12. The van der Waals surface area contributed by atoms with Crippen LogP contribution in [0.15, 0.2) is 18.2 Å². The lowest BCUT2D eigenvalue weighted by Crippen LogP contribution is -2.43. The topological polar surface area (TPSA) is 58.4 Å². The molecule has 19 heavy (non-hydrogen) atoms. The van der Waals surface area contributed by atoms with Gasteiger partial charge in [-0.2, -0.15) is 0 Å². The fourth-order valence-corrected chi connectivity index (χ4v) is 2.99. The van der Waals surface area contributed by atoms with Crippen molar-refractivity contribution in [3.05, 3.63) is 34.9 Å². The molecule has 3 rings (SSSR count). The summed E-state index contributed by atoms with van der Waals surface area (Å²) in [4.78, 5) is 14.6. The molecular weight excluding hydrogens is 238 g/mol. The van der Waals surface area contributed by atoms with Crippen molar-refractivity contribution in [2.45, 2.75) is 31.8 Å². The second kappa shape index (κ2) is 5.31. The Kier molecular flexibility index (Phi) is 3.53. The molecule has 2 heterocycles. The van der Waals surface area contributed by atoms with Gasteiger partial charge in [0.25, 0.3) is 5.91 Å². The standard InChI is InChI=1S/C15H21N3O/c16-12-5-8-18(9-6-12)15(19)13-3-1-2-11-4-7-17-10-14(11)13/h1-3,12,17H,4-10,16H2. The molecule has 3 N–H and O–H groups in total. The summed E-state index contributed by atoms with van der Waals surface area (Å²) in [5.41, 5.74) is 9.28. The SMILES string of the molecule is NC1CCN(C(=O)c2cccc3c2CNCC3)CC1. The minimum absolute atomic E-state index is 0.174. The van der Waals surface area contributed by atoms with Crippen LogP contribution in [0.2, 0.25) is 0 Å². The molecule has 0 radical (unpaired) electrons. The van der Waals surface area contributed by atoms with Gasteiger partial charge in [0, 0.05) is 31.2 Å². The third-order valence-corrected chi connectivity index (χ3v) is 4.20. The molecule has 0 atom stereocenters. The summed E-state index contributed by atoms with van der Waals surface area (Å²) in [5.74, 6) is 0.174. The van der Waals surface area contributed by atoms with Crippen LogP contribution < -0.4 is 11.1 Å². The first-order valence-electron chi connectivity index (χ1n) is 7.12. The second-order valence-electron chi connectivity index (χ2n) is 5.50. The maximum atomic E-state index is 12.6. The first kappa shape index (κ1) is 12.6. The highest BCUT2D eigenvalue weighted by Gasteiger charge is 2.24. The molecule has 4 nitrogen and oxygen atoms in total. The van der Waals surface area contributed by atoms with E-state index in [4.69, 9.17) is 5.73 Å². The summed E-state index contributed by atoms with van der Waals surface area (Å²) in [6, 6.07) is 6.37. The highest BCUT2D eigenvalue weighted by Crippen LogP contribution is 2.21. The highest BCUT2D eigenvalue weighted by molar-refractivity contribution is 5.96. The molecule has 0 aromatic heterocycles. The number of benzene rings is 1. The number of hydrogen-bond donors (Lipinski definition) is 2. The summed E-state index contributed by atoms with van der Waals surface area (Å²) in [5, 5.41) is 3.36. The van der Waals surface area contributed by atoms with Crippen LogP contribution in [-0.4, -0.2) is 36.5 Å². The van der Waals surface area contributed by atoms with E-state index in [1.807, 2.05) is 17.0 Å². The molecule has 1 fully saturated rings. The molecule has 0 spiro atoms. The fourth-order valence-electron chi connectivity index (χ4n) is 2.99. The van der Waals surface area contributed by atoms with Gasteiger partial charge in [-0.1, -0.05) is 12.1 Å². The third kappa shape index (κ3) is 2.51. The van der Waals surface area contributed by atoms with Crippen molar-refractivity contribution in [1.82, 2.24) is 10.2 Å². The highest BCUT2D eigenvalue weighted by atomic mass is 16.2. The number of likely N-dealkylation sites (tertiary alicyclic amines) is 1. The van der Waals surface area contributed by atoms with Gasteiger partial charge >= 0.3 is 0 Å². The van der Waals surface area contributed by atoms with Gasteiger partial charge in [-0.05, 0) is 43.0 Å². The molecule has 1 aromatic rings. The van der Waals surface area contributed by atoms with Gasteiger partial charge in [0.1, 0.15) is 0 Å². The number of piperidine rings is 1. The molecule has 1 saturated heterocycles. The van der Waals surface area contributed by atoms with Gasteiger partial charge in [-0.25, -0.2) is 0 Å². The monoisotopic (exact) mass is 259 g/mol. The summed E-state index contributed by atoms with van der Waals surface area (Å²) < 4.78 is 0. The van der Waals surface area contributed by atoms with Crippen LogP contribution in [0.1, 0.15) is 34.3 Å². The zero-order chi connectivity index (χ0) is 13.2. The Morgan fingerprint density at radius 3 is 2.89 bits per heavy atom. The van der Waals surface area contributed by atoms with Crippen molar-refractivity contribution in [2.75, 3.05) is 19.6 Å². The summed E-state index contributed by atoms with van der Waals surface area (Å²) in [6.07, 6.45) is 2.85. The lowest BCUT2D eigenvalue weighted by atomic mass is 9.94. The average molecular weight is 259 g/mol. The maximum Gasteiger partial charge on any atom is 0.254 e. The van der Waals surface area contributed by atoms with E-state index in [9.17, 15) is 4.79 Å². The minimum Gasteiger partial charge on any atom is -0.339 e. The van der Waals surface area contributed by atoms with Gasteiger partial charge in [0.15, 0.2) is 0 Å². The maximum absolute atomic E-state index is 12.6. The molecule has 4 heteroatoms. The molecule has 102 valence electrons. The molecular formula is C15H21N3O. The Labute approximate surface area is 114 Å². The minimum atomic E-state index is 0.174. The number of hydrogen-bond acceptors (Lipinski definition) is 3. The van der Waals surface area contributed by atoms with E-state index in [2.05, 4.69) is 11.4 Å². The van der Waals surface area contributed by atoms with Gasteiger partial charge in [0.05, 0.1) is 0 Å². The van der Waals surface area contributed by atoms with Gasteiger partial charge < -0.3 is 16.0 Å². The lowest BCUT2D eigenvalue weighted by Gasteiger charge is -2.31. The lowest BCUT2D eigenvalue weighted by molar-refractivity contribution is 0.0713. The van der Waals surface area contributed by atoms with Crippen LogP contribution in [0.5, 0.6) is 0 Å². The Bertz CT molecular complexity index is 478. The smallest absolute Gasteiger partial charge is 0.254 e. The molecule has 2 aliphatic rings. The van der Waals surface area contributed by atoms with Crippen LogP contribution in [0.3, 0.4) is 0 Å². The summed E-state index contributed by atoms with van der Waals surface area (Å²) in [7, 11) is 0. The molecule has 0 unspecified atom stereocenters. The fraction of sp³-hybridized carbons (Fsp3) is 0.533. The van der Waals surface area contributed by atoms with Crippen molar-refractivity contribution in [3.63, 3.8) is 0 Å². The quantitative estimate of drug-likeness (QED) is 0.787. The summed E-state index contributed by atoms with van der Waals surface area (Å²) >= 11 is 0. The van der Waals surface area contributed by atoms with Crippen molar-refractivity contribution < 1.29 is 4.79 Å². The van der Waals surface area contributed by atoms with Crippen LogP contribution >= 0.6 is 0 Å². The van der Waals surface area contributed by atoms with E-state index >= 15 is 0 Å². The molecule has 2 aliphatic heterocycles. The second-order valence-corrected chi connectivity index (χ2v) is 5.50. The van der Waals surface area contributed by atoms with Gasteiger partial charge in [0.2, 0.25) is 0 Å². The normalized spacial score (nSPS) is 20.2. The number of nitrogens with two attached hydrogens (primary N) is 1. The molecule has 0 saturated carbocycles. The zero-order valence-electron chi connectivity index (χ0n) is 11.2. The number of carbonyl (C=O) groups is 1. The molecule has 0 bridgehead atoms. The van der Waals surface area contributed by atoms with E-state index in [1.165, 1.54) is 11.1 Å². The van der Waals surface area contributed by atoms with E-state index in [1.54, 1.807) is 0 Å². The molecule has 1 amide bonds. The van der Waals surface area contributed by atoms with Gasteiger partial charge in [-0.15, -0.1) is 0 Å². The first-order chi connectivity index (χ1) is 9.25. The predicted octanol–water partition coefficient (Wildman–Crippen LogP) is 0.896. The summed E-state index contributed by atoms with van der Waals surface area (Å²) in [6.45, 7) is 3.39. The number of amides is 1. The number of carbonyl (C=O) groups excluding carboxylic acids is 1. The molecule has 1 aromatic carbocycles. The molecule has 0 aliphatic carbocycles. The van der Waals surface area contributed by atoms with E-state index in [0.29, 0.717) is 0 Å². The van der Waals surface area contributed by atoms with Crippen LogP contribution in [-0.2, 0) is 13.0 Å².